The highest BCUT2D eigenvalue weighted by Gasteiger charge is 2.17. The van der Waals surface area contributed by atoms with Gasteiger partial charge >= 0.3 is 0 Å². The maximum absolute atomic E-state index is 7.37. The van der Waals surface area contributed by atoms with Gasteiger partial charge in [0.25, 0.3) is 0 Å². The molecule has 2 atom stereocenters. The number of amidine groups is 1. The Hall–Kier alpha value is -0.220. The molecule has 4 heteroatoms. The molecule has 0 bridgehead atoms. The fourth-order valence-electron chi connectivity index (χ4n) is 1.71. The molecule has 1 aliphatic heterocycles. The van der Waals surface area contributed by atoms with Crippen LogP contribution in [0.15, 0.2) is 0 Å². The van der Waals surface area contributed by atoms with E-state index in [1.165, 1.54) is 11.5 Å². The summed E-state index contributed by atoms with van der Waals surface area (Å²) in [6.07, 6.45) is 0. The van der Waals surface area contributed by atoms with Crippen LogP contribution in [0.4, 0.5) is 0 Å². The van der Waals surface area contributed by atoms with Gasteiger partial charge in [0.1, 0.15) is 0 Å². The third-order valence-electron chi connectivity index (χ3n) is 2.59. The third kappa shape index (κ3) is 3.88. The summed E-state index contributed by atoms with van der Waals surface area (Å²) in [7, 11) is 0. The van der Waals surface area contributed by atoms with E-state index in [-0.39, 0.29) is 5.92 Å². The van der Waals surface area contributed by atoms with E-state index >= 15 is 0 Å². The van der Waals surface area contributed by atoms with Crippen molar-refractivity contribution in [3.05, 3.63) is 0 Å². The molecule has 0 saturated carbocycles. The molecule has 82 valence electrons. The SMILES string of the molecule is CC1CSCCN(CC(C)C(=N)N)C1. The second-order valence-electron chi connectivity index (χ2n) is 4.30. The van der Waals surface area contributed by atoms with Crippen LogP contribution in [0.2, 0.25) is 0 Å². The van der Waals surface area contributed by atoms with Crippen LogP contribution in [0.1, 0.15) is 13.8 Å². The second-order valence-corrected chi connectivity index (χ2v) is 5.45. The number of nitrogens with two attached hydrogens (primary N) is 1. The Bertz CT molecular complexity index is 196. The Morgan fingerprint density at radius 2 is 2.43 bits per heavy atom. The summed E-state index contributed by atoms with van der Waals surface area (Å²) >= 11 is 2.04. The summed E-state index contributed by atoms with van der Waals surface area (Å²) in [4.78, 5) is 2.44. The van der Waals surface area contributed by atoms with Gasteiger partial charge in [-0.25, -0.2) is 0 Å². The smallest absolute Gasteiger partial charge is 0.0947 e. The maximum Gasteiger partial charge on any atom is 0.0947 e. The van der Waals surface area contributed by atoms with Gasteiger partial charge in [-0.1, -0.05) is 13.8 Å². The van der Waals surface area contributed by atoms with E-state index in [0.717, 1.165) is 25.6 Å². The van der Waals surface area contributed by atoms with Crippen molar-refractivity contribution in [2.24, 2.45) is 17.6 Å². The van der Waals surface area contributed by atoms with Crippen molar-refractivity contribution in [2.75, 3.05) is 31.1 Å². The number of rotatable bonds is 3. The summed E-state index contributed by atoms with van der Waals surface area (Å²) < 4.78 is 0. The zero-order valence-electron chi connectivity index (χ0n) is 9.12. The van der Waals surface area contributed by atoms with Crippen molar-refractivity contribution in [1.82, 2.24) is 4.90 Å². The van der Waals surface area contributed by atoms with Gasteiger partial charge in [-0.15, -0.1) is 0 Å². The van der Waals surface area contributed by atoms with E-state index in [9.17, 15) is 0 Å². The Morgan fingerprint density at radius 3 is 3.07 bits per heavy atom. The molecule has 0 aromatic rings. The molecule has 2 unspecified atom stereocenters. The van der Waals surface area contributed by atoms with Crippen molar-refractivity contribution in [3.63, 3.8) is 0 Å². The Labute approximate surface area is 90.9 Å². The first kappa shape index (κ1) is 11.9. The lowest BCUT2D eigenvalue weighted by Gasteiger charge is -2.24. The van der Waals surface area contributed by atoms with Gasteiger partial charge in [0, 0.05) is 31.3 Å². The maximum atomic E-state index is 7.37. The largest absolute Gasteiger partial charge is 0.387 e. The van der Waals surface area contributed by atoms with Crippen LogP contribution >= 0.6 is 11.8 Å². The van der Waals surface area contributed by atoms with Crippen LogP contribution < -0.4 is 5.73 Å². The van der Waals surface area contributed by atoms with E-state index < -0.39 is 0 Å². The highest BCUT2D eigenvalue weighted by molar-refractivity contribution is 7.99. The highest BCUT2D eigenvalue weighted by Crippen LogP contribution is 2.16. The minimum atomic E-state index is 0.199. The molecule has 0 aromatic carbocycles. The molecule has 0 amide bonds. The number of thioether (sulfide) groups is 1. The Kier molecular flexibility index (Phi) is 4.75. The summed E-state index contributed by atoms with van der Waals surface area (Å²) in [5.74, 6) is 3.77. The molecule has 0 aliphatic carbocycles. The first-order valence-electron chi connectivity index (χ1n) is 5.23. The molecule has 0 aromatic heterocycles. The van der Waals surface area contributed by atoms with Crippen molar-refractivity contribution in [3.8, 4) is 0 Å². The molecule has 0 spiro atoms. The molecule has 1 heterocycles. The fourth-order valence-corrected chi connectivity index (χ4v) is 2.78. The molecule has 0 radical (unpaired) electrons. The van der Waals surface area contributed by atoms with Crippen LogP contribution in [0.25, 0.3) is 0 Å². The van der Waals surface area contributed by atoms with Crippen molar-refractivity contribution in [1.29, 1.82) is 5.41 Å². The van der Waals surface area contributed by atoms with Gasteiger partial charge < -0.3 is 10.6 Å². The summed E-state index contributed by atoms with van der Waals surface area (Å²) in [6, 6.07) is 0. The van der Waals surface area contributed by atoms with Crippen LogP contribution in [-0.4, -0.2) is 41.9 Å². The Morgan fingerprint density at radius 1 is 1.71 bits per heavy atom. The number of nitrogens with zero attached hydrogens (tertiary/aromatic N) is 1. The van der Waals surface area contributed by atoms with E-state index in [2.05, 4.69) is 11.8 Å². The predicted octanol–water partition coefficient (Wildman–Crippen LogP) is 1.24. The summed E-state index contributed by atoms with van der Waals surface area (Å²) in [5, 5.41) is 7.37. The lowest BCUT2D eigenvalue weighted by atomic mass is 10.1. The Balaban J connectivity index is 2.38. The first-order chi connectivity index (χ1) is 6.59. The molecule has 1 saturated heterocycles. The molecular weight excluding hydrogens is 194 g/mol. The summed E-state index contributed by atoms with van der Waals surface area (Å²) in [6.45, 7) is 7.58. The molecule has 1 fully saturated rings. The average Bonchev–Trinajstić information content (AvgIpc) is 2.29. The zero-order chi connectivity index (χ0) is 10.6. The van der Waals surface area contributed by atoms with Crippen molar-refractivity contribution in [2.45, 2.75) is 13.8 Å². The number of hydrogen-bond acceptors (Lipinski definition) is 3. The first-order valence-corrected chi connectivity index (χ1v) is 6.39. The second kappa shape index (κ2) is 5.61. The van der Waals surface area contributed by atoms with E-state index in [1.54, 1.807) is 0 Å². The van der Waals surface area contributed by atoms with E-state index in [1.807, 2.05) is 18.7 Å². The number of nitrogens with one attached hydrogen (secondary N) is 1. The van der Waals surface area contributed by atoms with Crippen LogP contribution in [0, 0.1) is 17.2 Å². The van der Waals surface area contributed by atoms with Gasteiger partial charge in [-0.3, -0.25) is 5.41 Å². The van der Waals surface area contributed by atoms with Crippen molar-refractivity contribution < 1.29 is 0 Å². The van der Waals surface area contributed by atoms with Crippen LogP contribution in [0.3, 0.4) is 0 Å². The quantitative estimate of drug-likeness (QED) is 0.550. The molecule has 1 rings (SSSR count). The van der Waals surface area contributed by atoms with E-state index in [0.29, 0.717) is 5.84 Å². The molecule has 1 aliphatic rings. The molecule has 3 nitrogen and oxygen atoms in total. The van der Waals surface area contributed by atoms with Gasteiger partial charge in [0.15, 0.2) is 0 Å². The average molecular weight is 215 g/mol. The zero-order valence-corrected chi connectivity index (χ0v) is 9.94. The normalized spacial score (nSPS) is 26.9. The highest BCUT2D eigenvalue weighted by atomic mass is 32.2. The van der Waals surface area contributed by atoms with Crippen LogP contribution in [-0.2, 0) is 0 Å². The summed E-state index contributed by atoms with van der Waals surface area (Å²) in [5.41, 5.74) is 5.48. The van der Waals surface area contributed by atoms with Gasteiger partial charge in [0.2, 0.25) is 0 Å². The third-order valence-corrected chi connectivity index (χ3v) is 3.86. The molecule has 3 N–H and O–H groups in total. The van der Waals surface area contributed by atoms with Crippen LogP contribution in [0.5, 0.6) is 0 Å². The van der Waals surface area contributed by atoms with Gasteiger partial charge in [-0.05, 0) is 11.7 Å². The fraction of sp³-hybridized carbons (Fsp3) is 0.900. The molecular formula is C10H21N3S. The van der Waals surface area contributed by atoms with E-state index in [4.69, 9.17) is 11.1 Å². The minimum absolute atomic E-state index is 0.199. The predicted molar refractivity (Wildman–Crippen MR) is 64.0 cm³/mol. The lowest BCUT2D eigenvalue weighted by molar-refractivity contribution is 0.250. The van der Waals surface area contributed by atoms with Gasteiger partial charge in [0.05, 0.1) is 5.84 Å². The van der Waals surface area contributed by atoms with Crippen molar-refractivity contribution >= 4 is 17.6 Å². The number of hydrogen-bond donors (Lipinski definition) is 2. The monoisotopic (exact) mass is 215 g/mol. The topological polar surface area (TPSA) is 53.1 Å². The van der Waals surface area contributed by atoms with Gasteiger partial charge in [-0.2, -0.15) is 11.8 Å². The lowest BCUT2D eigenvalue weighted by Crippen LogP contribution is -2.37. The minimum Gasteiger partial charge on any atom is -0.387 e. The molecule has 14 heavy (non-hydrogen) atoms. The standard InChI is InChI=1S/C10H21N3S/c1-8-5-13(3-4-14-7-8)6-9(2)10(11)12/h8-9H,3-7H2,1-2H3,(H3,11,12).